The molecule has 0 radical (unpaired) electrons. The molecule has 1 aromatic heterocycles. The Kier molecular flexibility index (Phi) is 3.68. The highest BCUT2D eigenvalue weighted by molar-refractivity contribution is 5.29. The number of piperazine rings is 1. The van der Waals surface area contributed by atoms with E-state index in [9.17, 15) is 0 Å². The third-order valence-corrected chi connectivity index (χ3v) is 4.79. The van der Waals surface area contributed by atoms with Gasteiger partial charge in [-0.2, -0.15) is 0 Å². The fraction of sp³-hybridized carbons (Fsp3) is 0.750. The molecule has 0 bridgehead atoms. The van der Waals surface area contributed by atoms with Gasteiger partial charge in [-0.15, -0.1) is 0 Å². The molecule has 0 aromatic carbocycles. The van der Waals surface area contributed by atoms with Crippen molar-refractivity contribution in [2.75, 3.05) is 26.2 Å². The average Bonchev–Trinajstić information content (AvgIpc) is 3.19. The monoisotopic (exact) mass is 261 g/mol. The number of hydrogen-bond donors (Lipinski definition) is 1. The Morgan fingerprint density at radius 2 is 1.95 bits per heavy atom. The highest BCUT2D eigenvalue weighted by Crippen LogP contribution is 2.38. The van der Waals surface area contributed by atoms with Crippen LogP contribution in [-0.2, 0) is 6.42 Å². The molecule has 3 heteroatoms. The molecule has 1 atom stereocenters. The number of nitrogens with one attached hydrogen (secondary N) is 1. The van der Waals surface area contributed by atoms with E-state index in [1.165, 1.54) is 43.7 Å². The van der Waals surface area contributed by atoms with E-state index in [-0.39, 0.29) is 0 Å². The van der Waals surface area contributed by atoms with E-state index < -0.39 is 0 Å². The Morgan fingerprint density at radius 1 is 1.26 bits per heavy atom. The highest BCUT2D eigenvalue weighted by atomic mass is 15.2. The molecule has 0 spiro atoms. The van der Waals surface area contributed by atoms with Crippen LogP contribution in [0, 0.1) is 13.8 Å². The van der Waals surface area contributed by atoms with Crippen LogP contribution in [0.3, 0.4) is 0 Å². The average molecular weight is 261 g/mol. The lowest BCUT2D eigenvalue weighted by Crippen LogP contribution is -2.48. The molecule has 0 amide bonds. The molecule has 1 saturated heterocycles. The normalized spacial score (nSPS) is 22.7. The number of nitrogens with zero attached hydrogens (tertiary/aromatic N) is 2. The van der Waals surface area contributed by atoms with Crippen LogP contribution < -0.4 is 5.32 Å². The topological polar surface area (TPSA) is 20.2 Å². The van der Waals surface area contributed by atoms with Crippen LogP contribution in [-0.4, -0.2) is 41.7 Å². The van der Waals surface area contributed by atoms with Crippen LogP contribution in [0.5, 0.6) is 0 Å². The molecule has 1 saturated carbocycles. The predicted octanol–water partition coefficient (Wildman–Crippen LogP) is 2.28. The molecule has 2 aliphatic rings. The molecule has 1 aliphatic heterocycles. The number of hydrogen-bond acceptors (Lipinski definition) is 2. The summed E-state index contributed by atoms with van der Waals surface area (Å²) in [6, 6.07) is 3.89. The minimum atomic E-state index is 0.662. The van der Waals surface area contributed by atoms with E-state index in [0.717, 1.165) is 19.1 Å². The lowest BCUT2D eigenvalue weighted by Gasteiger charge is -2.32. The number of aromatic nitrogens is 1. The van der Waals surface area contributed by atoms with Gasteiger partial charge in [-0.3, -0.25) is 4.90 Å². The second-order valence-corrected chi connectivity index (χ2v) is 6.34. The molecule has 1 unspecified atom stereocenters. The number of rotatable bonds is 4. The first-order valence-electron chi connectivity index (χ1n) is 7.79. The summed E-state index contributed by atoms with van der Waals surface area (Å²) in [5, 5.41) is 3.44. The Hall–Kier alpha value is -0.800. The molecular weight excluding hydrogens is 234 g/mol. The smallest absolute Gasteiger partial charge is 0.0337 e. The van der Waals surface area contributed by atoms with Crippen LogP contribution in [0.1, 0.15) is 42.8 Å². The summed E-state index contributed by atoms with van der Waals surface area (Å²) < 4.78 is 2.57. The van der Waals surface area contributed by atoms with E-state index in [2.05, 4.69) is 41.6 Å². The van der Waals surface area contributed by atoms with Crippen molar-refractivity contribution in [3.05, 3.63) is 23.0 Å². The first-order valence-corrected chi connectivity index (χ1v) is 7.79. The lowest BCUT2D eigenvalue weighted by molar-refractivity contribution is 0.183. The van der Waals surface area contributed by atoms with Crippen molar-refractivity contribution in [2.45, 2.75) is 52.1 Å². The van der Waals surface area contributed by atoms with Gasteiger partial charge in [-0.05, 0) is 51.7 Å². The van der Waals surface area contributed by atoms with Crippen LogP contribution >= 0.6 is 0 Å². The van der Waals surface area contributed by atoms with E-state index in [0.29, 0.717) is 6.04 Å². The zero-order chi connectivity index (χ0) is 13.4. The first-order chi connectivity index (χ1) is 9.16. The molecule has 19 heavy (non-hydrogen) atoms. The fourth-order valence-corrected chi connectivity index (χ4v) is 3.52. The van der Waals surface area contributed by atoms with Gasteiger partial charge in [-0.25, -0.2) is 0 Å². The second-order valence-electron chi connectivity index (χ2n) is 6.34. The molecule has 106 valence electrons. The molecule has 1 aliphatic carbocycles. The Balaban J connectivity index is 1.70. The van der Waals surface area contributed by atoms with Crippen LogP contribution in [0.25, 0.3) is 0 Å². The van der Waals surface area contributed by atoms with Gasteiger partial charge in [0.25, 0.3) is 0 Å². The minimum absolute atomic E-state index is 0.662. The summed E-state index contributed by atoms with van der Waals surface area (Å²) in [5.74, 6) is 0. The zero-order valence-electron chi connectivity index (χ0n) is 12.6. The SMILES string of the molecule is Cc1cc(CC(C)N2CCNCC2)c(C)n1C1CC1. The fourth-order valence-electron chi connectivity index (χ4n) is 3.52. The summed E-state index contributed by atoms with van der Waals surface area (Å²) in [5.41, 5.74) is 4.54. The standard InChI is InChI=1S/C16H27N3/c1-12(18-8-6-17-7-9-18)10-15-11-13(2)19(14(15)3)16-4-5-16/h11-12,16-17H,4-10H2,1-3H3. The van der Waals surface area contributed by atoms with Gasteiger partial charge in [0, 0.05) is 49.7 Å². The van der Waals surface area contributed by atoms with Crippen LogP contribution in [0.2, 0.25) is 0 Å². The lowest BCUT2D eigenvalue weighted by atomic mass is 10.1. The van der Waals surface area contributed by atoms with E-state index in [1.807, 2.05) is 0 Å². The van der Waals surface area contributed by atoms with E-state index in [4.69, 9.17) is 0 Å². The summed E-state index contributed by atoms with van der Waals surface area (Å²) in [4.78, 5) is 2.62. The maximum absolute atomic E-state index is 3.44. The van der Waals surface area contributed by atoms with Crippen molar-refractivity contribution < 1.29 is 0 Å². The highest BCUT2D eigenvalue weighted by Gasteiger charge is 2.27. The maximum Gasteiger partial charge on any atom is 0.0337 e. The minimum Gasteiger partial charge on any atom is -0.346 e. The second kappa shape index (κ2) is 5.29. The predicted molar refractivity (Wildman–Crippen MR) is 79.8 cm³/mol. The van der Waals surface area contributed by atoms with E-state index >= 15 is 0 Å². The summed E-state index contributed by atoms with van der Waals surface area (Å²) in [6.07, 6.45) is 3.96. The molecule has 3 nitrogen and oxygen atoms in total. The number of aryl methyl sites for hydroxylation is 1. The van der Waals surface area contributed by atoms with Gasteiger partial charge in [0.15, 0.2) is 0 Å². The summed E-state index contributed by atoms with van der Waals surface area (Å²) in [6.45, 7) is 11.6. The van der Waals surface area contributed by atoms with Gasteiger partial charge in [0.05, 0.1) is 0 Å². The van der Waals surface area contributed by atoms with Crippen molar-refractivity contribution >= 4 is 0 Å². The Labute approximate surface area is 117 Å². The quantitative estimate of drug-likeness (QED) is 0.897. The Bertz CT molecular complexity index is 439. The van der Waals surface area contributed by atoms with Crippen LogP contribution in [0.15, 0.2) is 6.07 Å². The third kappa shape index (κ3) is 2.72. The van der Waals surface area contributed by atoms with Crippen molar-refractivity contribution in [1.29, 1.82) is 0 Å². The van der Waals surface area contributed by atoms with Gasteiger partial charge in [0.2, 0.25) is 0 Å². The molecule has 1 N–H and O–H groups in total. The largest absolute Gasteiger partial charge is 0.346 e. The van der Waals surface area contributed by atoms with Crippen LogP contribution in [0.4, 0.5) is 0 Å². The molecule has 2 heterocycles. The van der Waals surface area contributed by atoms with Gasteiger partial charge in [-0.1, -0.05) is 0 Å². The third-order valence-electron chi connectivity index (χ3n) is 4.79. The zero-order valence-corrected chi connectivity index (χ0v) is 12.6. The summed E-state index contributed by atoms with van der Waals surface area (Å²) >= 11 is 0. The maximum atomic E-state index is 3.44. The molecule has 1 aromatic rings. The van der Waals surface area contributed by atoms with Crippen molar-refractivity contribution in [2.24, 2.45) is 0 Å². The van der Waals surface area contributed by atoms with Gasteiger partial charge in [0.1, 0.15) is 0 Å². The summed E-state index contributed by atoms with van der Waals surface area (Å²) in [7, 11) is 0. The molecular formula is C16H27N3. The Morgan fingerprint density at radius 3 is 2.58 bits per heavy atom. The van der Waals surface area contributed by atoms with Crippen molar-refractivity contribution in [3.8, 4) is 0 Å². The van der Waals surface area contributed by atoms with Gasteiger partial charge < -0.3 is 9.88 Å². The van der Waals surface area contributed by atoms with Crippen molar-refractivity contribution in [3.63, 3.8) is 0 Å². The van der Waals surface area contributed by atoms with Gasteiger partial charge >= 0.3 is 0 Å². The first kappa shape index (κ1) is 13.2. The van der Waals surface area contributed by atoms with E-state index in [1.54, 1.807) is 5.56 Å². The molecule has 3 rings (SSSR count). The van der Waals surface area contributed by atoms with Crippen molar-refractivity contribution in [1.82, 2.24) is 14.8 Å². The molecule has 2 fully saturated rings.